The summed E-state index contributed by atoms with van der Waals surface area (Å²) in [5.41, 5.74) is -0.123. The van der Waals surface area contributed by atoms with Crippen LogP contribution in [0.3, 0.4) is 0 Å². The third-order valence-electron chi connectivity index (χ3n) is 2.65. The Morgan fingerprint density at radius 1 is 1.43 bits per heavy atom. The molecule has 0 bridgehead atoms. The molecule has 0 aliphatic heterocycles. The lowest BCUT2D eigenvalue weighted by Gasteiger charge is -2.09. The average molecular weight is 289 g/mol. The van der Waals surface area contributed by atoms with Gasteiger partial charge in [-0.25, -0.2) is 4.98 Å². The van der Waals surface area contributed by atoms with Crippen molar-refractivity contribution >= 4 is 17.4 Å². The van der Waals surface area contributed by atoms with E-state index in [2.05, 4.69) is 10.3 Å². The number of methoxy groups -OCH3 is 1. The van der Waals surface area contributed by atoms with E-state index < -0.39 is 16.6 Å². The summed E-state index contributed by atoms with van der Waals surface area (Å²) < 4.78 is 5.05. The van der Waals surface area contributed by atoms with Gasteiger partial charge in [0, 0.05) is 0 Å². The van der Waals surface area contributed by atoms with Gasteiger partial charge in [-0.2, -0.15) is 0 Å². The van der Waals surface area contributed by atoms with E-state index in [0.29, 0.717) is 5.75 Å². The van der Waals surface area contributed by atoms with Gasteiger partial charge in [-0.15, -0.1) is 0 Å². The number of para-hydroxylation sites is 1. The highest BCUT2D eigenvalue weighted by atomic mass is 16.6. The topological polar surface area (TPSA) is 115 Å². The normalized spacial score (nSPS) is 9.95. The van der Waals surface area contributed by atoms with E-state index in [4.69, 9.17) is 4.74 Å². The predicted molar refractivity (Wildman–Crippen MR) is 73.5 cm³/mol. The van der Waals surface area contributed by atoms with Crippen LogP contribution in [-0.4, -0.2) is 28.0 Å². The number of nitro groups is 1. The average Bonchev–Trinajstić information content (AvgIpc) is 2.48. The van der Waals surface area contributed by atoms with E-state index in [9.17, 15) is 20.0 Å². The van der Waals surface area contributed by atoms with E-state index >= 15 is 0 Å². The van der Waals surface area contributed by atoms with Crippen LogP contribution in [0.4, 0.5) is 11.5 Å². The first-order chi connectivity index (χ1) is 10.0. The highest BCUT2D eigenvalue weighted by Gasteiger charge is 2.16. The molecule has 1 aromatic carbocycles. The van der Waals surface area contributed by atoms with Gasteiger partial charge in [-0.1, -0.05) is 12.1 Å². The number of amides is 1. The standard InChI is InChI=1S/C13H11N3O5/c1-21-11-5-3-2-4-9(11)13(18)15-12-10(17)6-8(7-14-12)16(19)20/h2-7,17H,1H3,(H,14,15,18). The van der Waals surface area contributed by atoms with Crippen LogP contribution in [0.5, 0.6) is 11.5 Å². The number of rotatable bonds is 4. The second-order valence-electron chi connectivity index (χ2n) is 3.97. The highest BCUT2D eigenvalue weighted by molar-refractivity contribution is 6.06. The van der Waals surface area contributed by atoms with Crippen molar-refractivity contribution in [2.75, 3.05) is 12.4 Å². The molecule has 2 N–H and O–H groups in total. The molecular weight excluding hydrogens is 278 g/mol. The summed E-state index contributed by atoms with van der Waals surface area (Å²) in [5, 5.41) is 22.6. The van der Waals surface area contributed by atoms with Crippen molar-refractivity contribution in [2.24, 2.45) is 0 Å². The Bertz CT molecular complexity index is 702. The lowest BCUT2D eigenvalue weighted by atomic mass is 10.2. The lowest BCUT2D eigenvalue weighted by Crippen LogP contribution is -2.14. The second kappa shape index (κ2) is 5.87. The Morgan fingerprint density at radius 2 is 2.14 bits per heavy atom. The minimum atomic E-state index is -0.696. The summed E-state index contributed by atoms with van der Waals surface area (Å²) in [4.78, 5) is 25.6. The molecule has 2 rings (SSSR count). The second-order valence-corrected chi connectivity index (χ2v) is 3.97. The predicted octanol–water partition coefficient (Wildman–Crippen LogP) is 1.96. The number of carbonyl (C=O) groups is 1. The molecule has 0 aliphatic carbocycles. The van der Waals surface area contributed by atoms with Crippen LogP contribution in [0.25, 0.3) is 0 Å². The molecule has 108 valence electrons. The number of pyridine rings is 1. The fourth-order valence-corrected chi connectivity index (χ4v) is 1.65. The van der Waals surface area contributed by atoms with Gasteiger partial charge in [0.25, 0.3) is 11.6 Å². The first kappa shape index (κ1) is 14.3. The molecule has 0 aliphatic rings. The van der Waals surface area contributed by atoms with Gasteiger partial charge in [0.2, 0.25) is 0 Å². The van der Waals surface area contributed by atoms with Crippen LogP contribution in [0.1, 0.15) is 10.4 Å². The van der Waals surface area contributed by atoms with Gasteiger partial charge in [0.15, 0.2) is 11.6 Å². The van der Waals surface area contributed by atoms with Crippen molar-refractivity contribution < 1.29 is 19.6 Å². The Hall–Kier alpha value is -3.16. The molecule has 0 unspecified atom stereocenters. The van der Waals surface area contributed by atoms with E-state index in [-0.39, 0.29) is 17.1 Å². The molecule has 2 aromatic rings. The maximum atomic E-state index is 12.1. The van der Waals surface area contributed by atoms with Crippen LogP contribution in [0.2, 0.25) is 0 Å². The summed E-state index contributed by atoms with van der Waals surface area (Å²) in [6, 6.07) is 7.41. The molecule has 0 atom stereocenters. The Labute approximate surface area is 119 Å². The van der Waals surface area contributed by atoms with Crippen molar-refractivity contribution in [2.45, 2.75) is 0 Å². The zero-order chi connectivity index (χ0) is 15.4. The van der Waals surface area contributed by atoms with Gasteiger partial charge >= 0.3 is 0 Å². The first-order valence-electron chi connectivity index (χ1n) is 5.80. The molecule has 0 saturated heterocycles. The largest absolute Gasteiger partial charge is 0.504 e. The monoisotopic (exact) mass is 289 g/mol. The molecule has 21 heavy (non-hydrogen) atoms. The zero-order valence-corrected chi connectivity index (χ0v) is 10.9. The number of benzene rings is 1. The number of nitrogens with zero attached hydrogens (tertiary/aromatic N) is 2. The molecule has 1 amide bonds. The SMILES string of the molecule is COc1ccccc1C(=O)Nc1ncc([N+](=O)[O-])cc1O. The number of aromatic hydroxyl groups is 1. The van der Waals surface area contributed by atoms with Crippen LogP contribution >= 0.6 is 0 Å². The summed E-state index contributed by atoms with van der Waals surface area (Å²) in [6.45, 7) is 0. The van der Waals surface area contributed by atoms with Gasteiger partial charge in [0.05, 0.1) is 23.7 Å². The third kappa shape index (κ3) is 3.06. The number of anilines is 1. The molecule has 8 heteroatoms. The van der Waals surface area contributed by atoms with Gasteiger partial charge in [-0.3, -0.25) is 14.9 Å². The molecule has 1 aromatic heterocycles. The molecule has 0 spiro atoms. The summed E-state index contributed by atoms with van der Waals surface area (Å²) >= 11 is 0. The van der Waals surface area contributed by atoms with Gasteiger partial charge in [0.1, 0.15) is 11.9 Å². The third-order valence-corrected chi connectivity index (χ3v) is 2.65. The zero-order valence-electron chi connectivity index (χ0n) is 10.9. The Morgan fingerprint density at radius 3 is 2.76 bits per heavy atom. The number of nitrogens with one attached hydrogen (secondary N) is 1. The van der Waals surface area contributed by atoms with Crippen LogP contribution in [0, 0.1) is 10.1 Å². The van der Waals surface area contributed by atoms with Crippen LogP contribution in [0.15, 0.2) is 36.5 Å². The number of hydrogen-bond donors (Lipinski definition) is 2. The first-order valence-corrected chi connectivity index (χ1v) is 5.80. The van der Waals surface area contributed by atoms with Crippen molar-refractivity contribution in [1.29, 1.82) is 0 Å². The molecule has 0 saturated carbocycles. The van der Waals surface area contributed by atoms with Crippen LogP contribution in [-0.2, 0) is 0 Å². The van der Waals surface area contributed by atoms with E-state index in [1.54, 1.807) is 18.2 Å². The smallest absolute Gasteiger partial charge is 0.291 e. The fourth-order valence-electron chi connectivity index (χ4n) is 1.65. The molecule has 8 nitrogen and oxygen atoms in total. The minimum absolute atomic E-state index is 0.170. The van der Waals surface area contributed by atoms with Gasteiger partial charge in [-0.05, 0) is 12.1 Å². The van der Waals surface area contributed by atoms with Gasteiger partial charge < -0.3 is 15.2 Å². The van der Waals surface area contributed by atoms with E-state index in [0.717, 1.165) is 12.3 Å². The Kier molecular flexibility index (Phi) is 3.98. The maximum Gasteiger partial charge on any atom is 0.291 e. The lowest BCUT2D eigenvalue weighted by molar-refractivity contribution is -0.385. The van der Waals surface area contributed by atoms with Crippen molar-refractivity contribution in [3.8, 4) is 11.5 Å². The number of ether oxygens (including phenoxy) is 1. The summed E-state index contributed by atoms with van der Waals surface area (Å²) in [6.07, 6.45) is 0.942. The number of carbonyl (C=O) groups excluding carboxylic acids is 1. The highest BCUT2D eigenvalue weighted by Crippen LogP contribution is 2.26. The molecule has 0 radical (unpaired) electrons. The number of hydrogen-bond acceptors (Lipinski definition) is 6. The quantitative estimate of drug-likeness (QED) is 0.656. The van der Waals surface area contributed by atoms with Crippen molar-refractivity contribution in [3.63, 3.8) is 0 Å². The van der Waals surface area contributed by atoms with E-state index in [1.807, 2.05) is 0 Å². The number of aromatic nitrogens is 1. The van der Waals surface area contributed by atoms with Crippen molar-refractivity contribution in [3.05, 3.63) is 52.2 Å². The van der Waals surface area contributed by atoms with E-state index in [1.165, 1.54) is 13.2 Å². The van der Waals surface area contributed by atoms with Crippen LogP contribution < -0.4 is 10.1 Å². The Balaban J connectivity index is 2.26. The molecule has 1 heterocycles. The fraction of sp³-hybridized carbons (Fsp3) is 0.0769. The molecule has 0 fully saturated rings. The van der Waals surface area contributed by atoms with Crippen molar-refractivity contribution in [1.82, 2.24) is 4.98 Å². The minimum Gasteiger partial charge on any atom is -0.504 e. The maximum absolute atomic E-state index is 12.1. The molecular formula is C13H11N3O5. The summed E-state index contributed by atoms with van der Waals surface area (Å²) in [7, 11) is 1.42. The summed E-state index contributed by atoms with van der Waals surface area (Å²) in [5.74, 6) is -0.857.